The van der Waals surface area contributed by atoms with Crippen LogP contribution in [0.2, 0.25) is 0 Å². The van der Waals surface area contributed by atoms with E-state index in [1.807, 2.05) is 0 Å². The van der Waals surface area contributed by atoms with Gasteiger partial charge in [0.15, 0.2) is 5.82 Å². The molecule has 0 spiro atoms. The van der Waals surface area contributed by atoms with E-state index in [1.54, 1.807) is 17.0 Å². The van der Waals surface area contributed by atoms with Gasteiger partial charge in [0.25, 0.3) is 5.92 Å². The van der Waals surface area contributed by atoms with E-state index < -0.39 is 5.92 Å². The number of nitrogens with zero attached hydrogens (tertiary/aromatic N) is 3. The van der Waals surface area contributed by atoms with E-state index in [4.69, 9.17) is 0 Å². The van der Waals surface area contributed by atoms with E-state index in [9.17, 15) is 8.78 Å². The maximum absolute atomic E-state index is 12.8. The zero-order chi connectivity index (χ0) is 9.31. The fourth-order valence-corrected chi connectivity index (χ4v) is 1.39. The lowest BCUT2D eigenvalue weighted by Crippen LogP contribution is -2.25. The van der Waals surface area contributed by atoms with Crippen molar-refractivity contribution in [1.82, 2.24) is 10.2 Å². The van der Waals surface area contributed by atoms with Gasteiger partial charge in [0, 0.05) is 19.2 Å². The van der Waals surface area contributed by atoms with Gasteiger partial charge >= 0.3 is 0 Å². The normalized spacial score (nSPS) is 20.6. The number of halogens is 2. The van der Waals surface area contributed by atoms with Gasteiger partial charge in [0.2, 0.25) is 0 Å². The zero-order valence-corrected chi connectivity index (χ0v) is 6.95. The number of anilines is 1. The average molecular weight is 185 g/mol. The van der Waals surface area contributed by atoms with Gasteiger partial charge in [-0.15, -0.1) is 5.10 Å². The molecule has 70 valence electrons. The van der Waals surface area contributed by atoms with E-state index in [0.29, 0.717) is 12.4 Å². The van der Waals surface area contributed by atoms with Gasteiger partial charge in [-0.1, -0.05) is 0 Å². The highest BCUT2D eigenvalue weighted by Crippen LogP contribution is 2.29. The Labute approximate surface area is 74.4 Å². The molecule has 0 amide bonds. The molecule has 0 atom stereocenters. The van der Waals surface area contributed by atoms with E-state index >= 15 is 0 Å². The Morgan fingerprint density at radius 2 is 2.31 bits per heavy atom. The molecule has 5 heteroatoms. The second-order valence-corrected chi connectivity index (χ2v) is 3.11. The molecule has 1 fully saturated rings. The quantitative estimate of drug-likeness (QED) is 0.660. The molecule has 1 aromatic heterocycles. The molecule has 0 bridgehead atoms. The zero-order valence-electron chi connectivity index (χ0n) is 6.95. The van der Waals surface area contributed by atoms with Crippen LogP contribution in [0.15, 0.2) is 18.3 Å². The highest BCUT2D eigenvalue weighted by atomic mass is 19.3. The van der Waals surface area contributed by atoms with Crippen LogP contribution in [0.4, 0.5) is 14.6 Å². The Morgan fingerprint density at radius 3 is 2.85 bits per heavy atom. The molecular weight excluding hydrogens is 176 g/mol. The predicted octanol–water partition coefficient (Wildman–Crippen LogP) is 1.32. The highest BCUT2D eigenvalue weighted by Gasteiger charge is 2.38. The molecule has 0 aromatic carbocycles. The van der Waals surface area contributed by atoms with Crippen LogP contribution >= 0.6 is 0 Å². The molecule has 1 aliphatic rings. The van der Waals surface area contributed by atoms with Gasteiger partial charge < -0.3 is 4.90 Å². The monoisotopic (exact) mass is 185 g/mol. The Hall–Kier alpha value is -1.26. The summed E-state index contributed by atoms with van der Waals surface area (Å²) in [5, 5.41) is 7.41. The van der Waals surface area contributed by atoms with Crippen LogP contribution in [0.1, 0.15) is 6.42 Å². The molecular formula is C8H9F2N3. The van der Waals surface area contributed by atoms with E-state index in [1.165, 1.54) is 6.20 Å². The first kappa shape index (κ1) is 8.34. The van der Waals surface area contributed by atoms with E-state index in [2.05, 4.69) is 10.2 Å². The lowest BCUT2D eigenvalue weighted by Gasteiger charge is -2.15. The highest BCUT2D eigenvalue weighted by molar-refractivity contribution is 5.38. The summed E-state index contributed by atoms with van der Waals surface area (Å²) in [7, 11) is 0. The van der Waals surface area contributed by atoms with Crippen molar-refractivity contribution in [3.63, 3.8) is 0 Å². The predicted molar refractivity (Wildman–Crippen MR) is 43.8 cm³/mol. The summed E-state index contributed by atoms with van der Waals surface area (Å²) in [6.45, 7) is 0.109. The summed E-state index contributed by atoms with van der Waals surface area (Å²) < 4.78 is 25.6. The maximum atomic E-state index is 12.8. The second-order valence-electron chi connectivity index (χ2n) is 3.11. The fraction of sp³-hybridized carbons (Fsp3) is 0.500. The molecule has 0 aliphatic carbocycles. The molecule has 3 nitrogen and oxygen atoms in total. The van der Waals surface area contributed by atoms with Gasteiger partial charge in [-0.05, 0) is 12.1 Å². The summed E-state index contributed by atoms with van der Waals surface area (Å²) in [4.78, 5) is 1.55. The third kappa shape index (κ3) is 1.74. The molecule has 1 aliphatic heterocycles. The van der Waals surface area contributed by atoms with Crippen LogP contribution in [-0.4, -0.2) is 29.2 Å². The van der Waals surface area contributed by atoms with Crippen molar-refractivity contribution in [2.75, 3.05) is 18.0 Å². The first-order chi connectivity index (χ1) is 6.17. The Kier molecular flexibility index (Phi) is 1.86. The topological polar surface area (TPSA) is 29.0 Å². The van der Waals surface area contributed by atoms with Crippen molar-refractivity contribution < 1.29 is 8.78 Å². The number of hydrogen-bond acceptors (Lipinski definition) is 3. The molecule has 1 aromatic rings. The van der Waals surface area contributed by atoms with Gasteiger partial charge in [-0.2, -0.15) is 5.10 Å². The Balaban J connectivity index is 2.13. The molecule has 2 heterocycles. The number of hydrogen-bond donors (Lipinski definition) is 0. The van der Waals surface area contributed by atoms with Crippen LogP contribution in [0.5, 0.6) is 0 Å². The first-order valence-corrected chi connectivity index (χ1v) is 4.08. The maximum Gasteiger partial charge on any atom is 0.266 e. The molecule has 2 rings (SSSR count). The third-order valence-electron chi connectivity index (χ3n) is 2.05. The lowest BCUT2D eigenvalue weighted by atomic mass is 10.3. The summed E-state index contributed by atoms with van der Waals surface area (Å²) in [5.74, 6) is -2.04. The summed E-state index contributed by atoms with van der Waals surface area (Å²) >= 11 is 0. The van der Waals surface area contributed by atoms with Crippen molar-refractivity contribution in [1.29, 1.82) is 0 Å². The smallest absolute Gasteiger partial charge is 0.266 e. The van der Waals surface area contributed by atoms with Gasteiger partial charge in [0.05, 0.1) is 6.54 Å². The van der Waals surface area contributed by atoms with Crippen LogP contribution in [0.3, 0.4) is 0 Å². The number of aromatic nitrogens is 2. The Morgan fingerprint density at radius 1 is 1.46 bits per heavy atom. The number of alkyl halides is 2. The van der Waals surface area contributed by atoms with E-state index in [0.717, 1.165) is 0 Å². The van der Waals surface area contributed by atoms with Gasteiger partial charge in [-0.25, -0.2) is 8.78 Å². The summed E-state index contributed by atoms with van der Waals surface area (Å²) in [5.41, 5.74) is 0. The van der Waals surface area contributed by atoms with Crippen LogP contribution < -0.4 is 4.90 Å². The van der Waals surface area contributed by atoms with Crippen molar-refractivity contribution >= 4 is 5.82 Å². The third-order valence-corrected chi connectivity index (χ3v) is 2.05. The van der Waals surface area contributed by atoms with Crippen LogP contribution in [0.25, 0.3) is 0 Å². The van der Waals surface area contributed by atoms with Gasteiger partial charge in [-0.3, -0.25) is 0 Å². The van der Waals surface area contributed by atoms with Crippen molar-refractivity contribution in [2.45, 2.75) is 12.3 Å². The molecule has 1 saturated heterocycles. The summed E-state index contributed by atoms with van der Waals surface area (Å²) in [6, 6.07) is 3.38. The van der Waals surface area contributed by atoms with Crippen molar-refractivity contribution in [2.24, 2.45) is 0 Å². The SMILES string of the molecule is FC1(F)CCN(c2cccnn2)C1. The molecule has 0 radical (unpaired) electrons. The Bertz CT molecular complexity index is 289. The minimum atomic E-state index is -2.57. The second kappa shape index (κ2) is 2.90. The minimum Gasteiger partial charge on any atom is -0.349 e. The van der Waals surface area contributed by atoms with Gasteiger partial charge in [0.1, 0.15) is 0 Å². The van der Waals surface area contributed by atoms with Crippen LogP contribution in [-0.2, 0) is 0 Å². The largest absolute Gasteiger partial charge is 0.349 e. The minimum absolute atomic E-state index is 0.0937. The molecule has 13 heavy (non-hydrogen) atoms. The lowest BCUT2D eigenvalue weighted by molar-refractivity contribution is 0.0256. The molecule has 0 N–H and O–H groups in total. The fourth-order valence-electron chi connectivity index (χ4n) is 1.39. The van der Waals surface area contributed by atoms with E-state index in [-0.39, 0.29) is 13.0 Å². The summed E-state index contributed by atoms with van der Waals surface area (Å²) in [6.07, 6.45) is 1.43. The average Bonchev–Trinajstić information content (AvgIpc) is 2.48. The molecule has 0 unspecified atom stereocenters. The van der Waals surface area contributed by atoms with Crippen LogP contribution in [0, 0.1) is 0 Å². The van der Waals surface area contributed by atoms with Crippen molar-refractivity contribution in [3.05, 3.63) is 18.3 Å². The standard InChI is InChI=1S/C8H9F2N3/c9-8(10)3-5-13(6-8)7-2-1-4-11-12-7/h1-2,4H,3,5-6H2. The first-order valence-electron chi connectivity index (χ1n) is 4.08. The van der Waals surface area contributed by atoms with Crippen molar-refractivity contribution in [3.8, 4) is 0 Å². The number of rotatable bonds is 1. The molecule has 0 saturated carbocycles.